The summed E-state index contributed by atoms with van der Waals surface area (Å²) in [4.78, 5) is -1.25. The van der Waals surface area contributed by atoms with E-state index < -0.39 is 4.92 Å². The average molecular weight is 90.1 g/mol. The fraction of sp³-hybridized carbons (Fsp3) is 1.00. The molecule has 0 aliphatic carbocycles. The lowest BCUT2D eigenvalue weighted by atomic mass is 10.6. The summed E-state index contributed by atoms with van der Waals surface area (Å²) < 4.78 is 0. The summed E-state index contributed by atoms with van der Waals surface area (Å²) in [6.07, 6.45) is 0. The van der Waals surface area contributed by atoms with Crippen LogP contribution in [-0.2, 0) is 0 Å². The number of quaternary nitrogens is 1. The van der Waals surface area contributed by atoms with Crippen LogP contribution in [0.4, 0.5) is 0 Å². The lowest BCUT2D eigenvalue weighted by molar-refractivity contribution is -1.13. The van der Waals surface area contributed by atoms with Gasteiger partial charge in [0.15, 0.2) is 0 Å². The van der Waals surface area contributed by atoms with Crippen LogP contribution in [0.15, 0.2) is 0 Å². The van der Waals surface area contributed by atoms with Gasteiger partial charge in [0.1, 0.15) is 13.1 Å². The third-order valence-corrected chi connectivity index (χ3v) is 0.774. The van der Waals surface area contributed by atoms with Crippen LogP contribution in [0.3, 0.4) is 0 Å². The molecule has 4 nitrogen and oxygen atoms in total. The lowest BCUT2D eigenvalue weighted by Crippen LogP contribution is -2.64. The number of hydrogen-bond donors (Lipinski definition) is 2. The second-order valence-electron chi connectivity index (χ2n) is 1.33. The Hall–Kier alpha value is -0.160. The van der Waals surface area contributed by atoms with Gasteiger partial charge in [0, 0.05) is 0 Å². The highest BCUT2D eigenvalue weighted by Gasteiger charge is 2.22. The van der Waals surface area contributed by atoms with Crippen molar-refractivity contribution in [3.8, 4) is 0 Å². The molecule has 1 aliphatic heterocycles. The first-order chi connectivity index (χ1) is 2.71. The van der Waals surface area contributed by atoms with Crippen molar-refractivity contribution in [2.45, 2.75) is 0 Å². The zero-order chi connectivity index (χ0) is 4.62. The first-order valence-corrected chi connectivity index (χ1v) is 1.78. The number of hydroxylamine groups is 2. The standard InChI is InChI=1S/C2H6N2O2/c5-4(6)2-1-3-4/h3,5H,1-2H2. The van der Waals surface area contributed by atoms with Crippen molar-refractivity contribution in [1.29, 1.82) is 0 Å². The molecule has 1 atom stereocenters. The van der Waals surface area contributed by atoms with Crippen molar-refractivity contribution < 1.29 is 10.1 Å². The molecular formula is C2H6N2O2. The molecule has 0 bridgehead atoms. The molecule has 1 rings (SSSR count). The number of nitrogens with one attached hydrogen (secondary N) is 1. The molecule has 1 heterocycles. The van der Waals surface area contributed by atoms with Crippen LogP contribution in [-0.4, -0.2) is 23.2 Å². The highest BCUT2D eigenvalue weighted by Crippen LogP contribution is 1.97. The van der Waals surface area contributed by atoms with Crippen molar-refractivity contribution in [2.24, 2.45) is 0 Å². The minimum Gasteiger partial charge on any atom is -0.578 e. The van der Waals surface area contributed by atoms with Crippen molar-refractivity contribution >= 4 is 0 Å². The average Bonchev–Trinajstić information content (AvgIpc) is 1.32. The van der Waals surface area contributed by atoms with Crippen LogP contribution in [0.25, 0.3) is 0 Å². The quantitative estimate of drug-likeness (QED) is 0.302. The minimum atomic E-state index is -1.25. The Morgan fingerprint density at radius 1 is 1.83 bits per heavy atom. The number of rotatable bonds is 0. The van der Waals surface area contributed by atoms with Crippen LogP contribution in [0, 0.1) is 5.21 Å². The van der Waals surface area contributed by atoms with Crippen LogP contribution in [0.5, 0.6) is 0 Å². The maximum Gasteiger partial charge on any atom is 0.145 e. The molecule has 6 heavy (non-hydrogen) atoms. The smallest absolute Gasteiger partial charge is 0.145 e. The van der Waals surface area contributed by atoms with Crippen LogP contribution in [0.1, 0.15) is 0 Å². The molecule has 0 amide bonds. The molecule has 4 heteroatoms. The van der Waals surface area contributed by atoms with E-state index in [2.05, 4.69) is 5.43 Å². The van der Waals surface area contributed by atoms with Gasteiger partial charge in [-0.25, -0.2) is 0 Å². The first-order valence-electron chi connectivity index (χ1n) is 1.78. The SMILES string of the molecule is [O-][N+]1(O)CCN1. The number of nitrogens with zero attached hydrogens (tertiary/aromatic N) is 1. The zero-order valence-electron chi connectivity index (χ0n) is 3.22. The van der Waals surface area contributed by atoms with Crippen molar-refractivity contribution in [3.63, 3.8) is 0 Å². The Morgan fingerprint density at radius 3 is 2.17 bits per heavy atom. The van der Waals surface area contributed by atoms with Gasteiger partial charge in [0.25, 0.3) is 0 Å². The van der Waals surface area contributed by atoms with E-state index in [-0.39, 0.29) is 6.54 Å². The summed E-state index contributed by atoms with van der Waals surface area (Å²) in [7, 11) is 0. The predicted octanol–water partition coefficient (Wildman–Crippen LogP) is -0.792. The van der Waals surface area contributed by atoms with Crippen LogP contribution in [0.2, 0.25) is 0 Å². The van der Waals surface area contributed by atoms with Crippen molar-refractivity contribution in [1.82, 2.24) is 5.43 Å². The molecule has 2 N–H and O–H groups in total. The predicted molar refractivity (Wildman–Crippen MR) is 18.3 cm³/mol. The number of hydrogen-bond acceptors (Lipinski definition) is 3. The van der Waals surface area contributed by atoms with Gasteiger partial charge in [-0.15, -0.1) is 10.3 Å². The van der Waals surface area contributed by atoms with Gasteiger partial charge in [0.05, 0.1) is 0 Å². The van der Waals surface area contributed by atoms with Gasteiger partial charge in [0.2, 0.25) is 0 Å². The van der Waals surface area contributed by atoms with Gasteiger partial charge >= 0.3 is 0 Å². The Kier molecular flexibility index (Phi) is 0.611. The van der Waals surface area contributed by atoms with Gasteiger partial charge in [-0.05, 0) is 0 Å². The van der Waals surface area contributed by atoms with E-state index in [1.165, 1.54) is 0 Å². The molecule has 1 fully saturated rings. The normalized spacial score (nSPS) is 45.0. The molecule has 0 aromatic heterocycles. The summed E-state index contributed by atoms with van der Waals surface area (Å²) in [6, 6.07) is 0. The van der Waals surface area contributed by atoms with E-state index in [1.807, 2.05) is 0 Å². The molecule has 0 spiro atoms. The second kappa shape index (κ2) is 0.913. The van der Waals surface area contributed by atoms with Crippen molar-refractivity contribution in [2.75, 3.05) is 13.1 Å². The summed E-state index contributed by atoms with van der Waals surface area (Å²) in [5.41, 5.74) is 2.22. The van der Waals surface area contributed by atoms with E-state index in [4.69, 9.17) is 5.21 Å². The Bertz CT molecular complexity index is 56.6. The fourth-order valence-corrected chi connectivity index (χ4v) is 0.303. The maximum atomic E-state index is 9.94. The summed E-state index contributed by atoms with van der Waals surface area (Å²) >= 11 is 0. The fourth-order valence-electron chi connectivity index (χ4n) is 0.303. The van der Waals surface area contributed by atoms with E-state index in [0.29, 0.717) is 6.54 Å². The maximum absolute atomic E-state index is 9.94. The molecule has 36 valence electrons. The molecule has 1 aliphatic rings. The molecule has 1 saturated heterocycles. The van der Waals surface area contributed by atoms with Crippen molar-refractivity contribution in [3.05, 3.63) is 5.21 Å². The minimum absolute atomic E-state index is 0.278. The Labute approximate surface area is 35.1 Å². The lowest BCUT2D eigenvalue weighted by Gasteiger charge is -2.39. The van der Waals surface area contributed by atoms with Crippen LogP contribution < -0.4 is 5.43 Å². The van der Waals surface area contributed by atoms with Gasteiger partial charge in [-0.1, -0.05) is 0 Å². The van der Waals surface area contributed by atoms with Crippen LogP contribution >= 0.6 is 0 Å². The molecule has 1 unspecified atom stereocenters. The topological polar surface area (TPSA) is 55.3 Å². The Morgan fingerprint density at radius 2 is 2.17 bits per heavy atom. The van der Waals surface area contributed by atoms with E-state index >= 15 is 0 Å². The summed E-state index contributed by atoms with van der Waals surface area (Å²) in [6.45, 7) is 0.903. The van der Waals surface area contributed by atoms with E-state index in [0.717, 1.165) is 0 Å². The molecule has 0 aromatic rings. The zero-order valence-corrected chi connectivity index (χ0v) is 3.22. The van der Waals surface area contributed by atoms with Gasteiger partial charge in [-0.2, -0.15) is 5.21 Å². The van der Waals surface area contributed by atoms with E-state index in [9.17, 15) is 5.21 Å². The van der Waals surface area contributed by atoms with Gasteiger partial charge in [-0.3, -0.25) is 0 Å². The molecule has 0 radical (unpaired) electrons. The third-order valence-electron chi connectivity index (χ3n) is 0.774. The molecule has 0 aromatic carbocycles. The third kappa shape index (κ3) is 0.504. The largest absolute Gasteiger partial charge is 0.578 e. The van der Waals surface area contributed by atoms with E-state index in [1.54, 1.807) is 0 Å². The summed E-state index contributed by atoms with van der Waals surface area (Å²) in [5, 5.41) is 18.1. The first kappa shape index (κ1) is 4.01. The summed E-state index contributed by atoms with van der Waals surface area (Å²) in [5.74, 6) is 0. The molecule has 0 saturated carbocycles. The Balaban J connectivity index is 2.31. The highest BCUT2D eigenvalue weighted by atomic mass is 16.9. The molecular weight excluding hydrogens is 84.0 g/mol. The monoisotopic (exact) mass is 90.0 g/mol. The highest BCUT2D eigenvalue weighted by molar-refractivity contribution is 4.41. The second-order valence-corrected chi connectivity index (χ2v) is 1.33. The van der Waals surface area contributed by atoms with Gasteiger partial charge < -0.3 is 5.21 Å².